The highest BCUT2D eigenvalue weighted by molar-refractivity contribution is 7.12. The third kappa shape index (κ3) is 5.79. The summed E-state index contributed by atoms with van der Waals surface area (Å²) >= 11 is 1.36. The summed E-state index contributed by atoms with van der Waals surface area (Å²) in [6.45, 7) is 5.61. The first kappa shape index (κ1) is 22.2. The van der Waals surface area contributed by atoms with Gasteiger partial charge in [-0.15, -0.1) is 11.3 Å². The van der Waals surface area contributed by atoms with Crippen molar-refractivity contribution < 1.29 is 14.4 Å². The summed E-state index contributed by atoms with van der Waals surface area (Å²) in [6.07, 6.45) is 0. The molecule has 1 atom stereocenters. The van der Waals surface area contributed by atoms with Gasteiger partial charge in [-0.25, -0.2) is 0 Å². The maximum absolute atomic E-state index is 12.9. The van der Waals surface area contributed by atoms with Crippen LogP contribution in [0.5, 0.6) is 0 Å². The largest absolute Gasteiger partial charge is 0.340 e. The van der Waals surface area contributed by atoms with Gasteiger partial charge in [-0.3, -0.25) is 14.4 Å². The predicted molar refractivity (Wildman–Crippen MR) is 125 cm³/mol. The van der Waals surface area contributed by atoms with Crippen molar-refractivity contribution in [3.8, 4) is 0 Å². The van der Waals surface area contributed by atoms with Crippen LogP contribution in [0.25, 0.3) is 0 Å². The summed E-state index contributed by atoms with van der Waals surface area (Å²) < 4.78 is 0. The fourth-order valence-electron chi connectivity index (χ4n) is 3.08. The molecule has 7 heteroatoms. The van der Waals surface area contributed by atoms with E-state index in [9.17, 15) is 14.4 Å². The fraction of sp³-hybridized carbons (Fsp3) is 0.208. The van der Waals surface area contributed by atoms with Crippen LogP contribution >= 0.6 is 11.3 Å². The Balaban J connectivity index is 1.69. The van der Waals surface area contributed by atoms with Crippen molar-refractivity contribution in [2.24, 2.45) is 5.92 Å². The summed E-state index contributed by atoms with van der Waals surface area (Å²) in [4.78, 5) is 38.5. The monoisotopic (exact) mass is 435 g/mol. The molecule has 0 aliphatic carbocycles. The van der Waals surface area contributed by atoms with Gasteiger partial charge in [0.15, 0.2) is 0 Å². The molecule has 0 fully saturated rings. The van der Waals surface area contributed by atoms with Crippen LogP contribution in [-0.2, 0) is 4.79 Å². The van der Waals surface area contributed by atoms with Crippen LogP contribution < -0.4 is 16.0 Å². The van der Waals surface area contributed by atoms with E-state index >= 15 is 0 Å². The van der Waals surface area contributed by atoms with E-state index in [-0.39, 0.29) is 23.6 Å². The third-order valence-electron chi connectivity index (χ3n) is 4.76. The molecule has 0 saturated carbocycles. The summed E-state index contributed by atoms with van der Waals surface area (Å²) in [5.74, 6) is -0.929. The number of nitrogens with one attached hydrogen (secondary N) is 3. The average Bonchev–Trinajstić information content (AvgIpc) is 3.27. The highest BCUT2D eigenvalue weighted by Gasteiger charge is 2.25. The van der Waals surface area contributed by atoms with Gasteiger partial charge >= 0.3 is 0 Å². The SMILES string of the molecule is Cc1ccccc1C(=O)NC(C(=O)Nc1cccc(NC(=O)c2cccs2)c1)C(C)C. The number of aryl methyl sites for hydroxylation is 1. The topological polar surface area (TPSA) is 87.3 Å². The predicted octanol–water partition coefficient (Wildman–Crippen LogP) is 4.70. The Bertz CT molecular complexity index is 1080. The van der Waals surface area contributed by atoms with Crippen molar-refractivity contribution in [3.63, 3.8) is 0 Å². The average molecular weight is 436 g/mol. The van der Waals surface area contributed by atoms with E-state index in [1.54, 1.807) is 42.5 Å². The van der Waals surface area contributed by atoms with Gasteiger partial charge in [0.1, 0.15) is 6.04 Å². The van der Waals surface area contributed by atoms with E-state index in [2.05, 4.69) is 16.0 Å². The molecule has 0 spiro atoms. The molecule has 0 saturated heterocycles. The molecule has 1 unspecified atom stereocenters. The molecule has 1 aromatic heterocycles. The Morgan fingerprint density at radius 3 is 2.19 bits per heavy atom. The maximum atomic E-state index is 12.9. The number of carbonyl (C=O) groups is 3. The van der Waals surface area contributed by atoms with Crippen LogP contribution in [0.1, 0.15) is 39.4 Å². The quantitative estimate of drug-likeness (QED) is 0.503. The molecule has 2 aromatic carbocycles. The lowest BCUT2D eigenvalue weighted by Gasteiger charge is -2.22. The van der Waals surface area contributed by atoms with E-state index in [0.717, 1.165) is 5.56 Å². The lowest BCUT2D eigenvalue weighted by atomic mass is 10.0. The molecular formula is C24H25N3O3S. The van der Waals surface area contributed by atoms with Gasteiger partial charge in [0, 0.05) is 16.9 Å². The van der Waals surface area contributed by atoms with Gasteiger partial charge in [-0.2, -0.15) is 0 Å². The molecule has 160 valence electrons. The first-order valence-corrected chi connectivity index (χ1v) is 10.9. The summed E-state index contributed by atoms with van der Waals surface area (Å²) in [6, 6.07) is 17.0. The number of rotatable bonds is 7. The Morgan fingerprint density at radius 2 is 1.55 bits per heavy atom. The number of carbonyl (C=O) groups excluding carboxylic acids is 3. The highest BCUT2D eigenvalue weighted by atomic mass is 32.1. The van der Waals surface area contributed by atoms with Crippen LogP contribution in [0.2, 0.25) is 0 Å². The van der Waals surface area contributed by atoms with E-state index in [4.69, 9.17) is 0 Å². The van der Waals surface area contributed by atoms with Gasteiger partial charge in [0.25, 0.3) is 11.8 Å². The Hall–Kier alpha value is -3.45. The second kappa shape index (κ2) is 10.0. The molecule has 3 aromatic rings. The molecule has 6 nitrogen and oxygen atoms in total. The molecule has 3 rings (SSSR count). The number of thiophene rings is 1. The summed E-state index contributed by atoms with van der Waals surface area (Å²) in [5, 5.41) is 10.3. The smallest absolute Gasteiger partial charge is 0.265 e. The molecule has 0 bridgehead atoms. The number of hydrogen-bond donors (Lipinski definition) is 3. The fourth-order valence-corrected chi connectivity index (χ4v) is 3.70. The number of anilines is 2. The van der Waals surface area contributed by atoms with E-state index < -0.39 is 6.04 Å². The minimum absolute atomic E-state index is 0.116. The number of benzene rings is 2. The molecular weight excluding hydrogens is 410 g/mol. The van der Waals surface area contributed by atoms with Crippen molar-refractivity contribution in [3.05, 3.63) is 82.0 Å². The number of hydrogen-bond acceptors (Lipinski definition) is 4. The van der Waals surface area contributed by atoms with Crippen molar-refractivity contribution in [2.75, 3.05) is 10.6 Å². The molecule has 3 N–H and O–H groups in total. The van der Waals surface area contributed by atoms with Crippen molar-refractivity contribution in [2.45, 2.75) is 26.8 Å². The maximum Gasteiger partial charge on any atom is 0.265 e. The third-order valence-corrected chi connectivity index (χ3v) is 5.63. The molecule has 0 radical (unpaired) electrons. The molecule has 31 heavy (non-hydrogen) atoms. The van der Waals surface area contributed by atoms with Gasteiger partial charge in [0.05, 0.1) is 4.88 Å². The van der Waals surface area contributed by atoms with Gasteiger partial charge in [-0.05, 0) is 54.1 Å². The molecule has 0 aliphatic rings. The minimum Gasteiger partial charge on any atom is -0.340 e. The second-order valence-electron chi connectivity index (χ2n) is 7.51. The molecule has 3 amide bonds. The molecule has 1 heterocycles. The van der Waals surface area contributed by atoms with Crippen LogP contribution in [0.3, 0.4) is 0 Å². The molecule has 0 aliphatic heterocycles. The second-order valence-corrected chi connectivity index (χ2v) is 8.46. The normalized spacial score (nSPS) is 11.6. The zero-order valence-corrected chi connectivity index (χ0v) is 18.5. The van der Waals surface area contributed by atoms with E-state index in [1.165, 1.54) is 11.3 Å². The Kier molecular flexibility index (Phi) is 7.20. The highest BCUT2D eigenvalue weighted by Crippen LogP contribution is 2.19. The van der Waals surface area contributed by atoms with Crippen LogP contribution in [0, 0.1) is 12.8 Å². The van der Waals surface area contributed by atoms with Crippen molar-refractivity contribution in [1.29, 1.82) is 0 Å². The van der Waals surface area contributed by atoms with Crippen molar-refractivity contribution >= 4 is 40.4 Å². The van der Waals surface area contributed by atoms with Crippen molar-refractivity contribution in [1.82, 2.24) is 5.32 Å². The van der Waals surface area contributed by atoms with Crippen LogP contribution in [0.4, 0.5) is 11.4 Å². The van der Waals surface area contributed by atoms with Gasteiger partial charge < -0.3 is 16.0 Å². The van der Waals surface area contributed by atoms with E-state index in [1.807, 2.05) is 44.4 Å². The lowest BCUT2D eigenvalue weighted by Crippen LogP contribution is -2.47. The minimum atomic E-state index is -0.712. The van der Waals surface area contributed by atoms with Gasteiger partial charge in [-0.1, -0.05) is 44.2 Å². The van der Waals surface area contributed by atoms with Crippen LogP contribution in [0.15, 0.2) is 66.0 Å². The Labute approximate surface area is 185 Å². The summed E-state index contributed by atoms with van der Waals surface area (Å²) in [5.41, 5.74) is 2.49. The van der Waals surface area contributed by atoms with Gasteiger partial charge in [0.2, 0.25) is 5.91 Å². The summed E-state index contributed by atoms with van der Waals surface area (Å²) in [7, 11) is 0. The first-order chi connectivity index (χ1) is 14.8. The Morgan fingerprint density at radius 1 is 0.839 bits per heavy atom. The van der Waals surface area contributed by atoms with Crippen LogP contribution in [-0.4, -0.2) is 23.8 Å². The van der Waals surface area contributed by atoms with E-state index in [0.29, 0.717) is 21.8 Å². The first-order valence-electron chi connectivity index (χ1n) is 9.97. The number of amides is 3. The standard InChI is InChI=1S/C24H25N3O3S/c1-15(2)21(27-22(28)19-11-5-4-8-16(19)3)24(30)26-18-10-6-9-17(14-18)25-23(29)20-12-7-13-31-20/h4-15,21H,1-3H3,(H,25,29)(H,26,30)(H,27,28). The zero-order chi connectivity index (χ0) is 22.4. The lowest BCUT2D eigenvalue weighted by molar-refractivity contribution is -0.118. The zero-order valence-electron chi connectivity index (χ0n) is 17.6.